The lowest BCUT2D eigenvalue weighted by Crippen LogP contribution is -2.30. The van der Waals surface area contributed by atoms with Crippen molar-refractivity contribution in [1.29, 1.82) is 0 Å². The molecule has 1 N–H and O–H groups in total. The molecule has 0 saturated carbocycles. The van der Waals surface area contributed by atoms with Gasteiger partial charge in [-0.2, -0.15) is 0 Å². The first kappa shape index (κ1) is 14.1. The molecule has 0 aliphatic rings. The van der Waals surface area contributed by atoms with E-state index in [4.69, 9.17) is 0 Å². The molecule has 0 aromatic heterocycles. The summed E-state index contributed by atoms with van der Waals surface area (Å²) in [7, 11) is 0. The first-order valence-corrected chi connectivity index (χ1v) is 6.87. The van der Waals surface area contributed by atoms with Gasteiger partial charge in [0.15, 0.2) is 0 Å². The van der Waals surface area contributed by atoms with Crippen molar-refractivity contribution in [3.63, 3.8) is 0 Å². The topological polar surface area (TPSA) is 12.0 Å². The van der Waals surface area contributed by atoms with Crippen molar-refractivity contribution in [2.45, 2.75) is 19.4 Å². The third kappa shape index (κ3) is 3.86. The number of rotatable bonds is 6. The molecule has 0 saturated heterocycles. The Balaban J connectivity index is 2.07. The van der Waals surface area contributed by atoms with Gasteiger partial charge in [0.05, 0.1) is 6.04 Å². The molecule has 1 atom stereocenters. The van der Waals surface area contributed by atoms with E-state index >= 15 is 0 Å². The Kier molecular flexibility index (Phi) is 4.78. The molecule has 0 spiro atoms. The Morgan fingerprint density at radius 2 is 1.50 bits per heavy atom. The van der Waals surface area contributed by atoms with Crippen LogP contribution in [0.4, 0.5) is 0 Å². The van der Waals surface area contributed by atoms with Crippen LogP contribution in [0.15, 0.2) is 79.4 Å². The lowest BCUT2D eigenvalue weighted by molar-refractivity contribution is 0.675. The van der Waals surface area contributed by atoms with E-state index in [-0.39, 0.29) is 6.04 Å². The van der Waals surface area contributed by atoms with Crippen LogP contribution in [0.25, 0.3) is 5.70 Å². The summed E-state index contributed by atoms with van der Waals surface area (Å²) in [6, 6.07) is 20.8. The van der Waals surface area contributed by atoms with Gasteiger partial charge in [-0.25, -0.2) is 0 Å². The zero-order valence-electron chi connectivity index (χ0n) is 12.0. The van der Waals surface area contributed by atoms with Crippen LogP contribution in [0.2, 0.25) is 0 Å². The average Bonchev–Trinajstić information content (AvgIpc) is 2.48. The second kappa shape index (κ2) is 6.76. The van der Waals surface area contributed by atoms with Gasteiger partial charge < -0.3 is 5.32 Å². The fourth-order valence-corrected chi connectivity index (χ4v) is 2.13. The fourth-order valence-electron chi connectivity index (χ4n) is 2.13. The van der Waals surface area contributed by atoms with Crippen LogP contribution in [0.1, 0.15) is 18.1 Å². The quantitative estimate of drug-likeness (QED) is 0.760. The van der Waals surface area contributed by atoms with Crippen LogP contribution in [0.3, 0.4) is 0 Å². The van der Waals surface area contributed by atoms with Crippen LogP contribution in [-0.4, -0.2) is 6.04 Å². The number of benzene rings is 2. The molecular formula is C19H21N. The van der Waals surface area contributed by atoms with Gasteiger partial charge in [0.25, 0.3) is 0 Å². The molecule has 2 rings (SSSR count). The Morgan fingerprint density at radius 1 is 0.950 bits per heavy atom. The molecule has 1 nitrogen and oxygen atoms in total. The summed E-state index contributed by atoms with van der Waals surface area (Å²) in [5.74, 6) is 0. The Bertz CT molecular complexity index is 569. The summed E-state index contributed by atoms with van der Waals surface area (Å²) in [5.41, 5.74) is 4.47. The third-order valence-corrected chi connectivity index (χ3v) is 3.35. The van der Waals surface area contributed by atoms with E-state index in [1.165, 1.54) is 5.56 Å². The SMILES string of the molecule is C=C(NC(Cc1ccccc1)C(=C)C)c1ccccc1. The lowest BCUT2D eigenvalue weighted by Gasteiger charge is -2.22. The smallest absolute Gasteiger partial charge is 0.0508 e. The summed E-state index contributed by atoms with van der Waals surface area (Å²) < 4.78 is 0. The molecular weight excluding hydrogens is 242 g/mol. The maximum Gasteiger partial charge on any atom is 0.0508 e. The van der Waals surface area contributed by atoms with Gasteiger partial charge in [-0.1, -0.05) is 79.4 Å². The zero-order valence-corrected chi connectivity index (χ0v) is 12.0. The second-order valence-electron chi connectivity index (χ2n) is 5.08. The molecule has 1 unspecified atom stereocenters. The predicted octanol–water partition coefficient (Wildman–Crippen LogP) is 4.43. The molecule has 0 radical (unpaired) electrons. The second-order valence-corrected chi connectivity index (χ2v) is 5.08. The van der Waals surface area contributed by atoms with E-state index < -0.39 is 0 Å². The molecule has 0 amide bonds. The van der Waals surface area contributed by atoms with E-state index in [1.54, 1.807) is 0 Å². The van der Waals surface area contributed by atoms with Crippen molar-refractivity contribution >= 4 is 5.70 Å². The lowest BCUT2D eigenvalue weighted by atomic mass is 10.00. The molecule has 0 aliphatic heterocycles. The fraction of sp³-hybridized carbons (Fsp3) is 0.158. The summed E-state index contributed by atoms with van der Waals surface area (Å²) in [6.07, 6.45) is 0.919. The Hall–Kier alpha value is -2.28. The van der Waals surface area contributed by atoms with Gasteiger partial charge in [-0.05, 0) is 24.5 Å². The minimum absolute atomic E-state index is 0.199. The molecule has 1 heteroatoms. The number of hydrogen-bond donors (Lipinski definition) is 1. The van der Waals surface area contributed by atoms with Crippen LogP contribution in [-0.2, 0) is 6.42 Å². The van der Waals surface area contributed by atoms with E-state index in [0.29, 0.717) is 0 Å². The van der Waals surface area contributed by atoms with E-state index in [0.717, 1.165) is 23.3 Å². The largest absolute Gasteiger partial charge is 0.378 e. The van der Waals surface area contributed by atoms with Crippen LogP contribution in [0, 0.1) is 0 Å². The molecule has 0 bridgehead atoms. The molecule has 0 fully saturated rings. The van der Waals surface area contributed by atoms with Crippen molar-refractivity contribution in [3.05, 3.63) is 90.5 Å². The predicted molar refractivity (Wildman–Crippen MR) is 87.4 cm³/mol. The maximum atomic E-state index is 4.14. The normalized spacial score (nSPS) is 11.7. The highest BCUT2D eigenvalue weighted by molar-refractivity contribution is 5.62. The van der Waals surface area contributed by atoms with E-state index in [9.17, 15) is 0 Å². The highest BCUT2D eigenvalue weighted by Crippen LogP contribution is 2.14. The summed E-state index contributed by atoms with van der Waals surface area (Å²) in [4.78, 5) is 0. The average molecular weight is 263 g/mol. The molecule has 0 aliphatic carbocycles. The minimum Gasteiger partial charge on any atom is -0.378 e. The number of nitrogens with one attached hydrogen (secondary N) is 1. The van der Waals surface area contributed by atoms with Gasteiger partial charge in [-0.3, -0.25) is 0 Å². The van der Waals surface area contributed by atoms with E-state index in [2.05, 4.69) is 61.8 Å². The molecule has 2 aromatic rings. The first-order valence-electron chi connectivity index (χ1n) is 6.87. The highest BCUT2D eigenvalue weighted by Gasteiger charge is 2.11. The van der Waals surface area contributed by atoms with Crippen LogP contribution >= 0.6 is 0 Å². The number of hydrogen-bond acceptors (Lipinski definition) is 1. The van der Waals surface area contributed by atoms with Gasteiger partial charge in [-0.15, -0.1) is 0 Å². The van der Waals surface area contributed by atoms with Crippen molar-refractivity contribution in [2.75, 3.05) is 0 Å². The van der Waals surface area contributed by atoms with Crippen LogP contribution < -0.4 is 5.32 Å². The maximum absolute atomic E-state index is 4.14. The van der Waals surface area contributed by atoms with Crippen molar-refractivity contribution in [1.82, 2.24) is 5.32 Å². The highest BCUT2D eigenvalue weighted by atomic mass is 14.9. The monoisotopic (exact) mass is 263 g/mol. The third-order valence-electron chi connectivity index (χ3n) is 3.35. The standard InChI is InChI=1S/C19H21N/c1-15(2)19(14-17-10-6-4-7-11-17)20-16(3)18-12-8-5-9-13-18/h4-13,19-20H,1,3,14H2,2H3. The van der Waals surface area contributed by atoms with Crippen molar-refractivity contribution in [2.24, 2.45) is 0 Å². The molecule has 102 valence electrons. The first-order chi connectivity index (χ1) is 9.66. The van der Waals surface area contributed by atoms with Gasteiger partial charge in [0.1, 0.15) is 0 Å². The molecule has 20 heavy (non-hydrogen) atoms. The Morgan fingerprint density at radius 3 is 2.05 bits per heavy atom. The molecule has 0 heterocycles. The summed E-state index contributed by atoms with van der Waals surface area (Å²) in [6.45, 7) is 10.3. The minimum atomic E-state index is 0.199. The van der Waals surface area contributed by atoms with E-state index in [1.807, 2.05) is 24.3 Å². The van der Waals surface area contributed by atoms with Crippen molar-refractivity contribution in [3.8, 4) is 0 Å². The van der Waals surface area contributed by atoms with Gasteiger partial charge in [0, 0.05) is 5.70 Å². The Labute approximate surface area is 121 Å². The molecule has 2 aromatic carbocycles. The summed E-state index contributed by atoms with van der Waals surface area (Å²) >= 11 is 0. The van der Waals surface area contributed by atoms with Crippen molar-refractivity contribution < 1.29 is 0 Å². The zero-order chi connectivity index (χ0) is 14.4. The van der Waals surface area contributed by atoms with Gasteiger partial charge >= 0.3 is 0 Å². The van der Waals surface area contributed by atoms with Gasteiger partial charge in [0.2, 0.25) is 0 Å². The summed E-state index contributed by atoms with van der Waals surface area (Å²) in [5, 5.41) is 3.49. The van der Waals surface area contributed by atoms with Crippen LogP contribution in [0.5, 0.6) is 0 Å².